The van der Waals surface area contributed by atoms with E-state index in [2.05, 4.69) is 33.3 Å². The summed E-state index contributed by atoms with van der Waals surface area (Å²) in [6, 6.07) is 5.94. The number of hydrogen-bond acceptors (Lipinski definition) is 4. The van der Waals surface area contributed by atoms with Crippen molar-refractivity contribution < 1.29 is 4.79 Å². The number of aromatic amines is 1. The Balaban J connectivity index is 1.54. The predicted molar refractivity (Wildman–Crippen MR) is 85.1 cm³/mol. The highest BCUT2D eigenvalue weighted by Gasteiger charge is 2.30. The Labute approximate surface area is 133 Å². The van der Waals surface area contributed by atoms with E-state index in [4.69, 9.17) is 0 Å². The van der Waals surface area contributed by atoms with E-state index in [-0.39, 0.29) is 11.9 Å². The summed E-state index contributed by atoms with van der Waals surface area (Å²) in [5, 5.41) is 12.2. The molecule has 0 aliphatic carbocycles. The minimum absolute atomic E-state index is 0.0365. The van der Waals surface area contributed by atoms with E-state index in [0.29, 0.717) is 17.9 Å². The average Bonchev–Trinajstić information content (AvgIpc) is 3.24. The Morgan fingerprint density at radius 3 is 3.00 bits per heavy atom. The van der Waals surface area contributed by atoms with Gasteiger partial charge in [-0.05, 0) is 38.5 Å². The first-order valence-corrected chi connectivity index (χ1v) is 7.74. The lowest BCUT2D eigenvalue weighted by molar-refractivity contribution is 0.0781. The number of aromatic nitrogens is 5. The molecular weight excluding hydrogens is 292 g/mol. The van der Waals surface area contributed by atoms with Gasteiger partial charge in [0.05, 0.1) is 17.9 Å². The van der Waals surface area contributed by atoms with Gasteiger partial charge in [-0.3, -0.25) is 14.6 Å². The Bertz CT molecular complexity index is 880. The number of hydrogen-bond donors (Lipinski definition) is 1. The lowest BCUT2D eigenvalue weighted by atomic mass is 10.2. The molecule has 0 saturated carbocycles. The molecule has 4 heterocycles. The number of fused-ring (bicyclic) bond motifs is 1. The lowest BCUT2D eigenvalue weighted by Gasteiger charge is -2.17. The molecule has 0 bridgehead atoms. The normalized spacial score (nSPS) is 18.0. The number of pyridine rings is 1. The largest absolute Gasteiger partial charge is 0.335 e. The van der Waals surface area contributed by atoms with Crippen LogP contribution in [0.15, 0.2) is 24.4 Å². The van der Waals surface area contributed by atoms with Gasteiger partial charge in [0.2, 0.25) is 0 Å². The molecule has 1 atom stereocenters. The fourth-order valence-electron chi connectivity index (χ4n) is 3.25. The number of aryl methyl sites for hydroxylation is 2. The van der Waals surface area contributed by atoms with Crippen molar-refractivity contribution in [1.82, 2.24) is 29.9 Å². The maximum atomic E-state index is 12.7. The highest BCUT2D eigenvalue weighted by molar-refractivity contribution is 5.94. The highest BCUT2D eigenvalue weighted by Crippen LogP contribution is 2.24. The van der Waals surface area contributed by atoms with Crippen LogP contribution in [0.3, 0.4) is 0 Å². The molecule has 1 amide bonds. The standard InChI is InChI=1S/C16H18N6O/c1-10-7-11(2)22(20-10)13-5-6-21(9-13)16(23)14-4-3-12-8-17-19-15(12)18-14/h3-4,7-8,13H,5-6,9H2,1-2H3,(H,17,18,19). The molecule has 1 N–H and O–H groups in total. The van der Waals surface area contributed by atoms with E-state index >= 15 is 0 Å². The van der Waals surface area contributed by atoms with Crippen molar-refractivity contribution in [2.24, 2.45) is 0 Å². The van der Waals surface area contributed by atoms with Crippen LogP contribution in [0.2, 0.25) is 0 Å². The van der Waals surface area contributed by atoms with Crippen LogP contribution in [-0.4, -0.2) is 48.9 Å². The number of H-pyrrole nitrogens is 1. The van der Waals surface area contributed by atoms with Gasteiger partial charge in [0.15, 0.2) is 5.65 Å². The Morgan fingerprint density at radius 1 is 1.35 bits per heavy atom. The second-order valence-electron chi connectivity index (χ2n) is 6.07. The second-order valence-corrected chi connectivity index (χ2v) is 6.07. The van der Waals surface area contributed by atoms with Gasteiger partial charge >= 0.3 is 0 Å². The molecule has 4 rings (SSSR count). The molecular formula is C16H18N6O. The summed E-state index contributed by atoms with van der Waals surface area (Å²) in [4.78, 5) is 18.9. The van der Waals surface area contributed by atoms with Gasteiger partial charge in [0.1, 0.15) is 5.69 Å². The third kappa shape index (κ3) is 2.38. The summed E-state index contributed by atoms with van der Waals surface area (Å²) < 4.78 is 2.04. The number of amides is 1. The number of nitrogens with zero attached hydrogens (tertiary/aromatic N) is 5. The van der Waals surface area contributed by atoms with Gasteiger partial charge in [-0.15, -0.1) is 0 Å². The number of likely N-dealkylation sites (tertiary alicyclic amines) is 1. The molecule has 118 valence electrons. The topological polar surface area (TPSA) is 79.7 Å². The van der Waals surface area contributed by atoms with Gasteiger partial charge in [-0.25, -0.2) is 4.98 Å². The monoisotopic (exact) mass is 310 g/mol. The first-order valence-electron chi connectivity index (χ1n) is 7.74. The van der Waals surface area contributed by atoms with Crippen molar-refractivity contribution >= 4 is 16.9 Å². The molecule has 3 aromatic rings. The van der Waals surface area contributed by atoms with Gasteiger partial charge < -0.3 is 4.90 Å². The summed E-state index contributed by atoms with van der Waals surface area (Å²) in [6.07, 6.45) is 2.62. The molecule has 0 aromatic carbocycles. The van der Waals surface area contributed by atoms with Crippen LogP contribution in [0.4, 0.5) is 0 Å². The molecule has 1 aliphatic heterocycles. The SMILES string of the molecule is Cc1cc(C)n(C2CCN(C(=O)c3ccc4cn[nH]c4n3)C2)n1. The molecule has 23 heavy (non-hydrogen) atoms. The van der Waals surface area contributed by atoms with Gasteiger partial charge in [-0.2, -0.15) is 10.2 Å². The van der Waals surface area contributed by atoms with Crippen molar-refractivity contribution in [2.45, 2.75) is 26.3 Å². The minimum Gasteiger partial charge on any atom is -0.335 e. The minimum atomic E-state index is -0.0365. The van der Waals surface area contributed by atoms with E-state index < -0.39 is 0 Å². The van der Waals surface area contributed by atoms with E-state index in [9.17, 15) is 4.79 Å². The van der Waals surface area contributed by atoms with Crippen LogP contribution in [0.5, 0.6) is 0 Å². The van der Waals surface area contributed by atoms with Crippen LogP contribution >= 0.6 is 0 Å². The van der Waals surface area contributed by atoms with E-state index in [1.165, 1.54) is 0 Å². The molecule has 1 saturated heterocycles. The number of rotatable bonds is 2. The first kappa shape index (κ1) is 13.9. The van der Waals surface area contributed by atoms with Crippen LogP contribution in [-0.2, 0) is 0 Å². The van der Waals surface area contributed by atoms with Gasteiger partial charge in [0, 0.05) is 24.2 Å². The van der Waals surface area contributed by atoms with Crippen LogP contribution in [0, 0.1) is 13.8 Å². The average molecular weight is 310 g/mol. The van der Waals surface area contributed by atoms with Crippen molar-refractivity contribution in [1.29, 1.82) is 0 Å². The van der Waals surface area contributed by atoms with Gasteiger partial charge in [-0.1, -0.05) is 0 Å². The van der Waals surface area contributed by atoms with Crippen molar-refractivity contribution in [3.63, 3.8) is 0 Å². The van der Waals surface area contributed by atoms with Crippen LogP contribution in [0.1, 0.15) is 34.3 Å². The van der Waals surface area contributed by atoms with E-state index in [0.717, 1.165) is 29.7 Å². The van der Waals surface area contributed by atoms with Gasteiger partial charge in [0.25, 0.3) is 5.91 Å². The Morgan fingerprint density at radius 2 is 2.22 bits per heavy atom. The lowest BCUT2D eigenvalue weighted by Crippen LogP contribution is -2.30. The summed E-state index contributed by atoms with van der Waals surface area (Å²) in [6.45, 7) is 5.44. The Kier molecular flexibility index (Phi) is 3.14. The Hall–Kier alpha value is -2.70. The first-order chi connectivity index (χ1) is 11.1. The number of carbonyl (C=O) groups excluding carboxylic acids is 1. The third-order valence-electron chi connectivity index (χ3n) is 4.36. The smallest absolute Gasteiger partial charge is 0.272 e. The van der Waals surface area contributed by atoms with E-state index in [1.54, 1.807) is 12.3 Å². The second kappa shape index (κ2) is 5.19. The van der Waals surface area contributed by atoms with Crippen LogP contribution < -0.4 is 0 Å². The summed E-state index contributed by atoms with van der Waals surface area (Å²) in [5.74, 6) is -0.0365. The van der Waals surface area contributed by atoms with Crippen molar-refractivity contribution in [3.05, 3.63) is 41.5 Å². The summed E-state index contributed by atoms with van der Waals surface area (Å²) in [5.41, 5.74) is 3.25. The molecule has 7 nitrogen and oxygen atoms in total. The van der Waals surface area contributed by atoms with Crippen LogP contribution in [0.25, 0.3) is 11.0 Å². The zero-order chi connectivity index (χ0) is 16.0. The fourth-order valence-corrected chi connectivity index (χ4v) is 3.25. The maximum Gasteiger partial charge on any atom is 0.272 e. The molecule has 1 unspecified atom stereocenters. The maximum absolute atomic E-state index is 12.7. The fraction of sp³-hybridized carbons (Fsp3) is 0.375. The number of nitrogens with one attached hydrogen (secondary N) is 1. The quantitative estimate of drug-likeness (QED) is 0.783. The molecule has 0 spiro atoms. The molecule has 1 fully saturated rings. The number of carbonyl (C=O) groups is 1. The molecule has 1 aliphatic rings. The highest BCUT2D eigenvalue weighted by atomic mass is 16.2. The summed E-state index contributed by atoms with van der Waals surface area (Å²) in [7, 11) is 0. The summed E-state index contributed by atoms with van der Waals surface area (Å²) >= 11 is 0. The van der Waals surface area contributed by atoms with Crippen molar-refractivity contribution in [3.8, 4) is 0 Å². The van der Waals surface area contributed by atoms with Crippen molar-refractivity contribution in [2.75, 3.05) is 13.1 Å². The zero-order valence-electron chi connectivity index (χ0n) is 13.2. The third-order valence-corrected chi connectivity index (χ3v) is 4.36. The molecule has 3 aromatic heterocycles. The molecule has 7 heteroatoms. The van der Waals surface area contributed by atoms with E-state index in [1.807, 2.05) is 22.6 Å². The molecule has 0 radical (unpaired) electrons. The zero-order valence-corrected chi connectivity index (χ0v) is 13.2. The predicted octanol–water partition coefficient (Wildman–Crippen LogP) is 1.86.